The van der Waals surface area contributed by atoms with Gasteiger partial charge in [0, 0.05) is 13.1 Å². The number of carbonyl (C=O) groups excluding carboxylic acids is 2. The molecule has 0 aliphatic heterocycles. The first-order valence-corrected chi connectivity index (χ1v) is 3.13. The third-order valence-electron chi connectivity index (χ3n) is 1.23. The number of hydrogen-bond donors (Lipinski definition) is 0. The molecule has 0 atom stereocenters. The van der Waals surface area contributed by atoms with Crippen LogP contribution in [0.1, 0.15) is 13.8 Å². The summed E-state index contributed by atoms with van der Waals surface area (Å²) in [6.45, 7) is 4.24. The minimum atomic E-state index is -1.64. The van der Waals surface area contributed by atoms with Crippen LogP contribution in [0.4, 0.5) is 0 Å². The van der Waals surface area contributed by atoms with Crippen LogP contribution in [0, 0.1) is 0 Å². The molecule has 0 aromatic carbocycles. The first-order valence-electron chi connectivity index (χ1n) is 3.13. The van der Waals surface area contributed by atoms with Gasteiger partial charge in [-0.1, -0.05) is 0 Å². The Morgan fingerprint density at radius 3 is 1.73 bits per heavy atom. The topological polar surface area (TPSA) is 60.4 Å². The average molecular weight is 183 g/mol. The van der Waals surface area contributed by atoms with E-state index in [4.69, 9.17) is 0 Å². The Kier molecular flexibility index (Phi) is 9.29. The molecule has 1 amide bonds. The Morgan fingerprint density at radius 1 is 1.27 bits per heavy atom. The maximum atomic E-state index is 10.6. The Labute approximate surface area is 108 Å². The van der Waals surface area contributed by atoms with Gasteiger partial charge in [0.05, 0.1) is 0 Å². The molecule has 0 aromatic heterocycles. The standard InChI is InChI=1S/C6H11NO3.K/c1-3-7(4-2)5(8)6(9)10;/h3-4H2,1-2H3,(H,9,10);/q;+1/p-1. The van der Waals surface area contributed by atoms with Gasteiger partial charge in [0.1, 0.15) is 5.97 Å². The molecule has 0 spiro atoms. The fraction of sp³-hybridized carbons (Fsp3) is 0.667. The number of carboxylic acids is 1. The van der Waals surface area contributed by atoms with Crippen molar-refractivity contribution in [3.05, 3.63) is 0 Å². The van der Waals surface area contributed by atoms with Gasteiger partial charge >= 0.3 is 51.4 Å². The molecule has 0 saturated heterocycles. The Bertz CT molecular complexity index is 145. The SMILES string of the molecule is CCN(CC)C(=O)C(=O)[O-].[K+]. The van der Waals surface area contributed by atoms with E-state index in [0.717, 1.165) is 0 Å². The van der Waals surface area contributed by atoms with Gasteiger partial charge in [-0.25, -0.2) is 0 Å². The van der Waals surface area contributed by atoms with Gasteiger partial charge in [0.25, 0.3) is 5.91 Å². The summed E-state index contributed by atoms with van der Waals surface area (Å²) in [7, 11) is 0. The van der Waals surface area contributed by atoms with Crippen molar-refractivity contribution in [2.45, 2.75) is 13.8 Å². The zero-order chi connectivity index (χ0) is 8.15. The van der Waals surface area contributed by atoms with E-state index in [2.05, 4.69) is 0 Å². The number of hydrogen-bond acceptors (Lipinski definition) is 3. The molecule has 0 N–H and O–H groups in total. The summed E-state index contributed by atoms with van der Waals surface area (Å²) >= 11 is 0. The predicted octanol–water partition coefficient (Wildman–Crippen LogP) is -4.39. The molecule has 5 heteroatoms. The molecule has 0 aromatic rings. The molecule has 58 valence electrons. The van der Waals surface area contributed by atoms with Crippen LogP contribution in [0.15, 0.2) is 0 Å². The molecule has 0 bridgehead atoms. The van der Waals surface area contributed by atoms with Crippen LogP contribution < -0.4 is 56.5 Å². The minimum absolute atomic E-state index is 0. The second kappa shape index (κ2) is 7.24. The Hall–Kier alpha value is 0.576. The first-order chi connectivity index (χ1) is 4.63. The number of rotatable bonds is 2. The summed E-state index contributed by atoms with van der Waals surface area (Å²) in [4.78, 5) is 21.7. The number of nitrogens with zero attached hydrogens (tertiary/aromatic N) is 1. The monoisotopic (exact) mass is 183 g/mol. The summed E-state index contributed by atoms with van der Waals surface area (Å²) in [6.07, 6.45) is 0. The molecular formula is C6H10KNO3. The van der Waals surface area contributed by atoms with Crippen LogP contribution in [-0.2, 0) is 9.59 Å². The number of likely N-dealkylation sites (N-methyl/N-ethyl adjacent to an activating group) is 1. The summed E-state index contributed by atoms with van der Waals surface area (Å²) in [5.41, 5.74) is 0. The van der Waals surface area contributed by atoms with E-state index in [-0.39, 0.29) is 51.4 Å². The van der Waals surface area contributed by atoms with E-state index in [1.807, 2.05) is 0 Å². The molecule has 0 aliphatic carbocycles. The summed E-state index contributed by atoms with van der Waals surface area (Å²) in [5.74, 6) is -2.58. The Balaban J connectivity index is 0. The summed E-state index contributed by atoms with van der Waals surface area (Å²) in [6, 6.07) is 0. The van der Waals surface area contributed by atoms with E-state index >= 15 is 0 Å². The molecule has 4 nitrogen and oxygen atoms in total. The second-order valence-corrected chi connectivity index (χ2v) is 1.76. The Morgan fingerprint density at radius 2 is 1.64 bits per heavy atom. The quantitative estimate of drug-likeness (QED) is 0.321. The van der Waals surface area contributed by atoms with Crippen molar-refractivity contribution in [3.8, 4) is 0 Å². The van der Waals surface area contributed by atoms with Crippen molar-refractivity contribution >= 4 is 11.9 Å². The largest absolute Gasteiger partial charge is 1.00 e. The van der Waals surface area contributed by atoms with Gasteiger partial charge in [-0.3, -0.25) is 4.79 Å². The molecule has 0 fully saturated rings. The van der Waals surface area contributed by atoms with Crippen LogP contribution in [-0.4, -0.2) is 29.9 Å². The molecule has 0 unspecified atom stereocenters. The van der Waals surface area contributed by atoms with Crippen molar-refractivity contribution in [2.75, 3.05) is 13.1 Å². The molecule has 0 radical (unpaired) electrons. The van der Waals surface area contributed by atoms with Crippen molar-refractivity contribution in [1.29, 1.82) is 0 Å². The second-order valence-electron chi connectivity index (χ2n) is 1.76. The zero-order valence-corrected chi connectivity index (χ0v) is 10.2. The van der Waals surface area contributed by atoms with Crippen molar-refractivity contribution in [3.63, 3.8) is 0 Å². The average Bonchev–Trinajstić information content (AvgIpc) is 1.90. The minimum Gasteiger partial charge on any atom is -0.540 e. The molecule has 0 aliphatic rings. The third-order valence-corrected chi connectivity index (χ3v) is 1.23. The van der Waals surface area contributed by atoms with Crippen LogP contribution in [0.25, 0.3) is 0 Å². The molecule has 11 heavy (non-hydrogen) atoms. The van der Waals surface area contributed by atoms with Gasteiger partial charge in [-0.15, -0.1) is 0 Å². The van der Waals surface area contributed by atoms with E-state index in [1.165, 1.54) is 4.90 Å². The third kappa shape index (κ3) is 4.92. The van der Waals surface area contributed by atoms with Gasteiger partial charge in [-0.05, 0) is 13.8 Å². The maximum absolute atomic E-state index is 10.6. The number of carboxylic acid groups (broad SMARTS) is 1. The fourth-order valence-electron chi connectivity index (χ4n) is 0.640. The van der Waals surface area contributed by atoms with E-state index < -0.39 is 11.9 Å². The normalized spacial score (nSPS) is 8.18. The van der Waals surface area contributed by atoms with Gasteiger partial charge < -0.3 is 14.8 Å². The smallest absolute Gasteiger partial charge is 0.540 e. The molecule has 0 saturated carbocycles. The molecule has 0 heterocycles. The van der Waals surface area contributed by atoms with Crippen LogP contribution >= 0.6 is 0 Å². The number of aliphatic carboxylic acids is 1. The van der Waals surface area contributed by atoms with E-state index in [9.17, 15) is 14.7 Å². The number of carbonyl (C=O) groups is 2. The van der Waals surface area contributed by atoms with Crippen molar-refractivity contribution in [1.82, 2.24) is 4.90 Å². The fourth-order valence-corrected chi connectivity index (χ4v) is 0.640. The van der Waals surface area contributed by atoms with Crippen molar-refractivity contribution < 1.29 is 66.1 Å². The van der Waals surface area contributed by atoms with Crippen LogP contribution in [0.3, 0.4) is 0 Å². The van der Waals surface area contributed by atoms with Crippen LogP contribution in [0.5, 0.6) is 0 Å². The van der Waals surface area contributed by atoms with Crippen molar-refractivity contribution in [2.24, 2.45) is 0 Å². The zero-order valence-electron chi connectivity index (χ0n) is 7.09. The van der Waals surface area contributed by atoms with Gasteiger partial charge in [0.2, 0.25) is 0 Å². The predicted molar refractivity (Wildman–Crippen MR) is 32.9 cm³/mol. The van der Waals surface area contributed by atoms with Gasteiger partial charge in [0.15, 0.2) is 0 Å². The molecular weight excluding hydrogens is 173 g/mol. The van der Waals surface area contributed by atoms with E-state index in [1.54, 1.807) is 13.8 Å². The van der Waals surface area contributed by atoms with E-state index in [0.29, 0.717) is 13.1 Å². The van der Waals surface area contributed by atoms with Crippen LogP contribution in [0.2, 0.25) is 0 Å². The number of amides is 1. The van der Waals surface area contributed by atoms with Gasteiger partial charge in [-0.2, -0.15) is 0 Å². The summed E-state index contributed by atoms with van der Waals surface area (Å²) < 4.78 is 0. The first kappa shape index (κ1) is 14.1. The summed E-state index contributed by atoms with van der Waals surface area (Å²) in [5, 5.41) is 9.96. The molecule has 0 rings (SSSR count). The maximum Gasteiger partial charge on any atom is 1.00 e.